The second-order valence-corrected chi connectivity index (χ2v) is 8.47. The lowest BCUT2D eigenvalue weighted by Crippen LogP contribution is -2.21. The minimum absolute atomic E-state index is 0.0410. The van der Waals surface area contributed by atoms with E-state index in [-0.39, 0.29) is 12.1 Å². The molecular weight excluding hydrogens is 460 g/mol. The largest absolute Gasteiger partial charge is 0.323 e. The first-order valence-electron chi connectivity index (χ1n) is 9.14. The van der Waals surface area contributed by atoms with Gasteiger partial charge >= 0.3 is 6.03 Å². The molecule has 6 nitrogen and oxygen atoms in total. The molecule has 3 rings (SSSR count). The van der Waals surface area contributed by atoms with Gasteiger partial charge in [0.1, 0.15) is 11.0 Å². The second-order valence-electron chi connectivity index (χ2n) is 6.55. The van der Waals surface area contributed by atoms with Crippen molar-refractivity contribution in [3.8, 4) is 0 Å². The summed E-state index contributed by atoms with van der Waals surface area (Å²) in [6.07, 6.45) is 0. The third-order valence-corrected chi connectivity index (χ3v) is 5.92. The van der Waals surface area contributed by atoms with Crippen LogP contribution in [0.3, 0.4) is 0 Å². The monoisotopic (exact) mass is 478 g/mol. The summed E-state index contributed by atoms with van der Waals surface area (Å²) in [4.78, 5) is 12.5. The van der Waals surface area contributed by atoms with E-state index in [1.165, 1.54) is 30.3 Å². The first kappa shape index (κ1) is 23.6. The smallest absolute Gasteiger partial charge is 0.308 e. The fourth-order valence-corrected chi connectivity index (χ4v) is 3.84. The average Bonchev–Trinajstić information content (AvgIpc) is 2.75. The summed E-state index contributed by atoms with van der Waals surface area (Å²) in [5.74, 6) is -3.05. The first-order chi connectivity index (χ1) is 15.2. The Balaban J connectivity index is 1.57. The topological polar surface area (TPSA) is 94.1 Å². The molecule has 0 aliphatic heterocycles. The summed E-state index contributed by atoms with van der Waals surface area (Å²) in [5.41, 5.74) is 1.23. The molecule has 11 heteroatoms. The standard InChI is InChI=1S/C21H18F3N4O2PS/c22-17-9-13(19(31)10-18(17)23)11-26-32(30)16-6-4-14(5-7-16)27-21(29)28-15-3-1-2-12(8-15)20(24)25/h1-10,25-26H,11,31H2,(H2,27,28,29). The van der Waals surface area contributed by atoms with Crippen molar-refractivity contribution >= 4 is 48.9 Å². The molecule has 2 unspecified atom stereocenters. The van der Waals surface area contributed by atoms with Gasteiger partial charge in [-0.2, -0.15) is 4.39 Å². The van der Waals surface area contributed by atoms with Crippen molar-refractivity contribution in [1.29, 1.82) is 5.41 Å². The lowest BCUT2D eigenvalue weighted by molar-refractivity contribution is 0.262. The van der Waals surface area contributed by atoms with Crippen LogP contribution in [-0.4, -0.2) is 16.2 Å². The van der Waals surface area contributed by atoms with E-state index in [2.05, 4.69) is 24.6 Å². The first-order valence-corrected chi connectivity index (χ1v) is 10.9. The predicted octanol–water partition coefficient (Wildman–Crippen LogP) is 4.22. The molecule has 0 aliphatic carbocycles. The Bertz CT molecular complexity index is 1190. The molecule has 0 saturated carbocycles. The van der Waals surface area contributed by atoms with E-state index in [0.29, 0.717) is 27.1 Å². The summed E-state index contributed by atoms with van der Waals surface area (Å²) in [5, 5.41) is 12.6. The van der Waals surface area contributed by atoms with Crippen LogP contribution >= 0.6 is 9.24 Å². The van der Waals surface area contributed by atoms with Crippen molar-refractivity contribution < 1.29 is 22.2 Å². The van der Waals surface area contributed by atoms with E-state index in [1.54, 1.807) is 18.2 Å². The van der Waals surface area contributed by atoms with Gasteiger partial charge < -0.3 is 10.6 Å². The van der Waals surface area contributed by atoms with Gasteiger partial charge in [0.15, 0.2) is 11.6 Å². The molecule has 0 saturated heterocycles. The molecule has 0 aromatic heterocycles. The van der Waals surface area contributed by atoms with E-state index >= 15 is 0 Å². The van der Waals surface area contributed by atoms with Crippen molar-refractivity contribution in [2.45, 2.75) is 11.4 Å². The van der Waals surface area contributed by atoms with Gasteiger partial charge in [0, 0.05) is 23.5 Å². The van der Waals surface area contributed by atoms with Crippen LogP contribution in [-0.2, 0) is 17.5 Å². The second kappa shape index (κ2) is 10.5. The molecule has 3 aromatic carbocycles. The third-order valence-electron chi connectivity index (χ3n) is 4.28. The highest BCUT2D eigenvalue weighted by Gasteiger charge is 2.10. The van der Waals surface area contributed by atoms with E-state index in [4.69, 9.17) is 5.41 Å². The number of anilines is 2. The Hall–Kier alpha value is -3.07. The van der Waals surface area contributed by atoms with Gasteiger partial charge in [0.2, 0.25) is 5.97 Å². The number of carbonyl (C=O) groups excluding carboxylic acids is 1. The highest BCUT2D eigenvalue weighted by atomic mass is 32.2. The molecule has 0 spiro atoms. The number of benzene rings is 3. The van der Waals surface area contributed by atoms with Gasteiger partial charge in [0.25, 0.3) is 0 Å². The number of hydrogen-bond donors (Lipinski definition) is 4. The van der Waals surface area contributed by atoms with Crippen LogP contribution in [0, 0.1) is 17.0 Å². The average molecular weight is 478 g/mol. The molecule has 2 amide bonds. The van der Waals surface area contributed by atoms with Crippen molar-refractivity contribution in [2.75, 3.05) is 10.6 Å². The molecular formula is C21H18F3N4O2PS. The van der Waals surface area contributed by atoms with Gasteiger partial charge in [-0.1, -0.05) is 12.1 Å². The number of amides is 2. The zero-order valence-corrected chi connectivity index (χ0v) is 18.4. The highest BCUT2D eigenvalue weighted by Crippen LogP contribution is 2.15. The summed E-state index contributed by atoms with van der Waals surface area (Å²) in [6.45, 7) is 0.0560. The Morgan fingerprint density at radius 3 is 2.31 bits per heavy atom. The third kappa shape index (κ3) is 6.23. The van der Waals surface area contributed by atoms with Crippen LogP contribution in [0.2, 0.25) is 0 Å². The maximum atomic E-state index is 13.4. The molecule has 0 heterocycles. The lowest BCUT2D eigenvalue weighted by Gasteiger charge is -2.10. The summed E-state index contributed by atoms with van der Waals surface area (Å²) >= 11 is 0. The Morgan fingerprint density at radius 2 is 1.62 bits per heavy atom. The molecule has 4 N–H and O–H groups in total. The highest BCUT2D eigenvalue weighted by molar-refractivity contribution is 7.83. The van der Waals surface area contributed by atoms with Crippen LogP contribution in [0.5, 0.6) is 0 Å². The van der Waals surface area contributed by atoms with Gasteiger partial charge in [-0.3, -0.25) is 5.41 Å². The predicted molar refractivity (Wildman–Crippen MR) is 122 cm³/mol. The molecule has 2 atom stereocenters. The number of rotatable bonds is 7. The zero-order chi connectivity index (χ0) is 23.3. The van der Waals surface area contributed by atoms with Crippen LogP contribution in [0.4, 0.5) is 29.3 Å². The van der Waals surface area contributed by atoms with Crippen molar-refractivity contribution in [2.24, 2.45) is 0 Å². The normalized spacial score (nSPS) is 11.6. The van der Waals surface area contributed by atoms with Crippen molar-refractivity contribution in [3.63, 3.8) is 0 Å². The number of nitrogens with one attached hydrogen (secondary N) is 4. The van der Waals surface area contributed by atoms with Gasteiger partial charge in [0.05, 0.1) is 4.90 Å². The van der Waals surface area contributed by atoms with Crippen LogP contribution < -0.4 is 20.7 Å². The number of urea groups is 1. The molecule has 0 aliphatic rings. The van der Waals surface area contributed by atoms with Gasteiger partial charge in [-0.25, -0.2) is 22.5 Å². The van der Waals surface area contributed by atoms with Crippen LogP contribution in [0.25, 0.3) is 0 Å². The maximum absolute atomic E-state index is 13.4. The quantitative estimate of drug-likeness (QED) is 0.302. The maximum Gasteiger partial charge on any atom is 0.323 e. The Morgan fingerprint density at radius 1 is 0.969 bits per heavy atom. The van der Waals surface area contributed by atoms with E-state index in [0.717, 1.165) is 12.1 Å². The summed E-state index contributed by atoms with van der Waals surface area (Å²) in [6, 6.07) is 13.5. The molecule has 0 radical (unpaired) electrons. The van der Waals surface area contributed by atoms with Crippen LogP contribution in [0.15, 0.2) is 65.6 Å². The van der Waals surface area contributed by atoms with Crippen LogP contribution in [0.1, 0.15) is 11.1 Å². The fraction of sp³-hybridized carbons (Fsp3) is 0.0476. The zero-order valence-electron chi connectivity index (χ0n) is 16.4. The summed E-state index contributed by atoms with van der Waals surface area (Å²) in [7, 11) is 0.676. The molecule has 3 aromatic rings. The number of carbonyl (C=O) groups is 1. The number of hydrogen-bond acceptors (Lipinski definition) is 3. The molecule has 0 bridgehead atoms. The Labute approximate surface area is 186 Å². The van der Waals surface area contributed by atoms with Gasteiger partial charge in [-0.15, -0.1) is 9.24 Å². The minimum atomic E-state index is -1.62. The van der Waals surface area contributed by atoms with E-state index in [1.807, 2.05) is 0 Å². The minimum Gasteiger partial charge on any atom is -0.308 e. The molecule has 0 fully saturated rings. The molecule has 32 heavy (non-hydrogen) atoms. The number of halogens is 3. The fourth-order valence-electron chi connectivity index (χ4n) is 2.67. The summed E-state index contributed by atoms with van der Waals surface area (Å²) < 4.78 is 54.7. The van der Waals surface area contributed by atoms with Crippen molar-refractivity contribution in [3.05, 3.63) is 83.4 Å². The van der Waals surface area contributed by atoms with Gasteiger partial charge in [-0.05, 0) is 59.4 Å². The van der Waals surface area contributed by atoms with E-state index < -0.39 is 34.6 Å². The van der Waals surface area contributed by atoms with Crippen molar-refractivity contribution in [1.82, 2.24) is 4.72 Å². The Kier molecular flexibility index (Phi) is 7.74. The molecule has 166 valence electrons. The van der Waals surface area contributed by atoms with E-state index in [9.17, 15) is 22.2 Å². The SMILES string of the molecule is N=C(F)c1cccc(NC(=O)Nc2ccc(S(=O)NCc3cc(F)c(F)cc3P)cc2)c1. The lowest BCUT2D eigenvalue weighted by atomic mass is 10.2.